The standard InChI is InChI=1S/C19H16N6O3S/c1-2-29(27,28)19(17(26)15-10-6-7-11-21-15)25-24-18-14(12-20)16(22-23-18)13-8-4-3-5-9-13/h3-11H,2H2,1H3,(H2,22,23,24). The van der Waals surface area contributed by atoms with Gasteiger partial charge in [0.05, 0.1) is 11.4 Å². The van der Waals surface area contributed by atoms with E-state index in [4.69, 9.17) is 0 Å². The van der Waals surface area contributed by atoms with Gasteiger partial charge < -0.3 is 0 Å². The van der Waals surface area contributed by atoms with Gasteiger partial charge in [-0.2, -0.15) is 15.5 Å². The summed E-state index contributed by atoms with van der Waals surface area (Å²) in [7, 11) is -3.97. The minimum atomic E-state index is -3.97. The van der Waals surface area contributed by atoms with Gasteiger partial charge in [-0.05, 0) is 12.1 Å². The number of Topliss-reactive ketones (excluding diaryl/α,β-unsaturated/α-hetero) is 1. The van der Waals surface area contributed by atoms with Gasteiger partial charge in [-0.25, -0.2) is 8.42 Å². The number of benzene rings is 1. The fraction of sp³-hybridized carbons (Fsp3) is 0.105. The second-order valence-corrected chi connectivity index (χ2v) is 7.97. The van der Waals surface area contributed by atoms with Crippen molar-refractivity contribution in [3.8, 4) is 17.3 Å². The van der Waals surface area contributed by atoms with Crippen LogP contribution in [0.2, 0.25) is 0 Å². The van der Waals surface area contributed by atoms with Crippen LogP contribution in [0, 0.1) is 11.3 Å². The zero-order valence-corrected chi connectivity index (χ0v) is 16.1. The van der Waals surface area contributed by atoms with Crippen molar-refractivity contribution in [3.63, 3.8) is 0 Å². The van der Waals surface area contributed by atoms with Crippen LogP contribution in [0.4, 0.5) is 5.82 Å². The number of rotatable bonds is 6. The first kappa shape index (κ1) is 19.9. The van der Waals surface area contributed by atoms with Crippen LogP contribution in [0.25, 0.3) is 11.3 Å². The van der Waals surface area contributed by atoms with Crippen molar-refractivity contribution in [2.75, 3.05) is 11.2 Å². The number of carbonyl (C=O) groups excluding carboxylic acids is 1. The van der Waals surface area contributed by atoms with Gasteiger partial charge in [0, 0.05) is 11.8 Å². The number of sulfone groups is 1. The average molecular weight is 408 g/mol. The van der Waals surface area contributed by atoms with Gasteiger partial charge in [0.1, 0.15) is 17.3 Å². The van der Waals surface area contributed by atoms with E-state index in [9.17, 15) is 18.5 Å². The highest BCUT2D eigenvalue weighted by atomic mass is 32.2. The molecule has 3 aromatic rings. The van der Waals surface area contributed by atoms with Crippen molar-refractivity contribution >= 4 is 26.5 Å². The van der Waals surface area contributed by atoms with Crippen LogP contribution in [0.15, 0.2) is 59.8 Å². The minimum Gasteiger partial charge on any atom is -0.284 e. The Kier molecular flexibility index (Phi) is 5.80. The van der Waals surface area contributed by atoms with Crippen LogP contribution in [-0.2, 0) is 9.84 Å². The Morgan fingerprint density at radius 3 is 2.55 bits per heavy atom. The summed E-state index contributed by atoms with van der Waals surface area (Å²) in [5.41, 5.74) is 3.69. The summed E-state index contributed by atoms with van der Waals surface area (Å²) < 4.78 is 24.8. The molecular formula is C19H16N6O3S. The molecule has 1 aromatic carbocycles. The van der Waals surface area contributed by atoms with Gasteiger partial charge >= 0.3 is 0 Å². The monoisotopic (exact) mass is 408 g/mol. The van der Waals surface area contributed by atoms with Gasteiger partial charge in [0.2, 0.25) is 20.7 Å². The van der Waals surface area contributed by atoms with Gasteiger partial charge in [-0.1, -0.05) is 43.3 Å². The van der Waals surface area contributed by atoms with Crippen molar-refractivity contribution in [1.29, 1.82) is 5.26 Å². The summed E-state index contributed by atoms with van der Waals surface area (Å²) in [4.78, 5) is 16.5. The zero-order valence-electron chi connectivity index (χ0n) is 15.3. The average Bonchev–Trinajstić information content (AvgIpc) is 3.17. The molecule has 0 saturated heterocycles. The SMILES string of the molecule is CCS(=O)(=O)C(=NNc1n[nH]c(-c2ccccc2)c1C#N)C(=O)c1ccccn1. The highest BCUT2D eigenvalue weighted by molar-refractivity contribution is 8.08. The van der Waals surface area contributed by atoms with E-state index in [-0.39, 0.29) is 22.8 Å². The van der Waals surface area contributed by atoms with Gasteiger partial charge in [-0.15, -0.1) is 0 Å². The molecule has 2 N–H and O–H groups in total. The first-order valence-electron chi connectivity index (χ1n) is 8.54. The molecule has 3 rings (SSSR count). The molecule has 0 amide bonds. The number of ketones is 1. The maximum atomic E-state index is 12.6. The summed E-state index contributed by atoms with van der Waals surface area (Å²) in [5.74, 6) is -1.17. The number of hydrazone groups is 1. The van der Waals surface area contributed by atoms with E-state index in [1.807, 2.05) is 12.1 Å². The molecule has 10 heteroatoms. The Balaban J connectivity index is 2.00. The first-order valence-corrected chi connectivity index (χ1v) is 10.2. The topological polar surface area (TPSA) is 141 Å². The predicted octanol–water partition coefficient (Wildman–Crippen LogP) is 2.39. The van der Waals surface area contributed by atoms with E-state index in [2.05, 4.69) is 25.7 Å². The molecule has 0 aliphatic rings. The molecule has 2 aromatic heterocycles. The molecular weight excluding hydrogens is 392 g/mol. The van der Waals surface area contributed by atoms with Crippen LogP contribution in [-0.4, -0.2) is 40.2 Å². The normalized spacial score (nSPS) is 11.7. The maximum Gasteiger partial charge on any atom is 0.243 e. The largest absolute Gasteiger partial charge is 0.284 e. The smallest absolute Gasteiger partial charge is 0.243 e. The van der Waals surface area contributed by atoms with E-state index in [1.54, 1.807) is 36.4 Å². The number of aromatic nitrogens is 3. The predicted molar refractivity (Wildman–Crippen MR) is 108 cm³/mol. The molecule has 0 saturated carbocycles. The lowest BCUT2D eigenvalue weighted by atomic mass is 10.1. The number of anilines is 1. The Morgan fingerprint density at radius 1 is 1.21 bits per heavy atom. The molecule has 0 fully saturated rings. The Bertz CT molecular complexity index is 1200. The molecule has 0 atom stereocenters. The van der Waals surface area contributed by atoms with Crippen LogP contribution in [0.1, 0.15) is 23.0 Å². The number of nitriles is 1. The van der Waals surface area contributed by atoms with Crippen molar-refractivity contribution in [1.82, 2.24) is 15.2 Å². The van der Waals surface area contributed by atoms with Crippen LogP contribution in [0.3, 0.4) is 0 Å². The number of carbonyl (C=O) groups is 1. The molecule has 29 heavy (non-hydrogen) atoms. The molecule has 0 radical (unpaired) electrons. The van der Waals surface area contributed by atoms with Crippen molar-refractivity contribution in [3.05, 3.63) is 66.0 Å². The highest BCUT2D eigenvalue weighted by Gasteiger charge is 2.28. The molecule has 9 nitrogen and oxygen atoms in total. The third-order valence-electron chi connectivity index (χ3n) is 3.97. The van der Waals surface area contributed by atoms with E-state index in [0.29, 0.717) is 5.69 Å². The van der Waals surface area contributed by atoms with Crippen LogP contribution >= 0.6 is 0 Å². The fourth-order valence-electron chi connectivity index (χ4n) is 2.45. The van der Waals surface area contributed by atoms with Crippen molar-refractivity contribution in [2.24, 2.45) is 5.10 Å². The quantitative estimate of drug-likeness (QED) is 0.276. The van der Waals surface area contributed by atoms with E-state index in [1.165, 1.54) is 19.2 Å². The number of pyridine rings is 1. The molecule has 0 spiro atoms. The lowest BCUT2D eigenvalue weighted by molar-refractivity contribution is 0.106. The molecule has 2 heterocycles. The Labute approximate surface area is 167 Å². The summed E-state index contributed by atoms with van der Waals surface area (Å²) in [6, 6.07) is 15.6. The lowest BCUT2D eigenvalue weighted by Gasteiger charge is -2.05. The molecule has 0 aliphatic carbocycles. The number of nitrogens with one attached hydrogen (secondary N) is 2. The number of hydrogen-bond acceptors (Lipinski definition) is 8. The van der Waals surface area contributed by atoms with Crippen molar-refractivity contribution < 1.29 is 13.2 Å². The molecule has 146 valence electrons. The summed E-state index contributed by atoms with van der Waals surface area (Å²) >= 11 is 0. The van der Waals surface area contributed by atoms with Crippen molar-refractivity contribution in [2.45, 2.75) is 6.92 Å². The summed E-state index contributed by atoms with van der Waals surface area (Å²) in [6.45, 7) is 1.40. The Hall–Kier alpha value is -3.84. The highest BCUT2D eigenvalue weighted by Crippen LogP contribution is 2.25. The maximum absolute atomic E-state index is 12.6. The van der Waals surface area contributed by atoms with Gasteiger partial charge in [0.25, 0.3) is 0 Å². The van der Waals surface area contributed by atoms with Gasteiger partial charge in [0.15, 0.2) is 5.82 Å². The first-order chi connectivity index (χ1) is 14.0. The number of H-pyrrole nitrogens is 1. The number of aromatic amines is 1. The van der Waals surface area contributed by atoms with E-state index in [0.717, 1.165) is 5.56 Å². The van der Waals surface area contributed by atoms with Crippen LogP contribution < -0.4 is 5.43 Å². The Morgan fingerprint density at radius 2 is 1.93 bits per heavy atom. The third kappa shape index (κ3) is 4.20. The molecule has 0 aliphatic heterocycles. The fourth-order valence-corrected chi connectivity index (χ4v) is 3.30. The third-order valence-corrected chi connectivity index (χ3v) is 5.60. The second-order valence-electron chi connectivity index (χ2n) is 5.78. The van der Waals surface area contributed by atoms with Gasteiger partial charge in [-0.3, -0.25) is 20.3 Å². The summed E-state index contributed by atoms with van der Waals surface area (Å²) in [6.07, 6.45) is 1.38. The van der Waals surface area contributed by atoms with E-state index < -0.39 is 20.7 Å². The number of hydrogen-bond donors (Lipinski definition) is 2. The lowest BCUT2D eigenvalue weighted by Crippen LogP contribution is -2.28. The number of nitrogens with zero attached hydrogens (tertiary/aromatic N) is 4. The molecule has 0 unspecified atom stereocenters. The zero-order chi connectivity index (χ0) is 20.9. The minimum absolute atomic E-state index is 0.00368. The van der Waals surface area contributed by atoms with Crippen LogP contribution in [0.5, 0.6) is 0 Å². The van der Waals surface area contributed by atoms with E-state index >= 15 is 0 Å². The summed E-state index contributed by atoms with van der Waals surface area (Å²) in [5, 5.41) is 19.3. The molecule has 0 bridgehead atoms. The second kappa shape index (κ2) is 8.45.